The quantitative estimate of drug-likeness (QED) is 0.0453. The molecule has 0 heterocycles. The molecule has 0 bridgehead atoms. The predicted molar refractivity (Wildman–Crippen MR) is 229 cm³/mol. The first-order chi connectivity index (χ1) is 25.9. The standard InChI is InChI=1S/C32H67NO4.C14H30O2/c1-6-9-12-20-27-34-31(4)36-29-22-16-14-18-25-33(24-11-8-3)26-19-15-17-23-30-37-32(5)35-28-21-13-10-7-2;1-4-6-8-10-12-15-14(3)16-13-11-9-7-5-2/h31-32H,6-30H2,1-5H3;14H,4-13H2,1-3H3/t31-,32?;/m1./s1. The van der Waals surface area contributed by atoms with Crippen LogP contribution in [0, 0.1) is 0 Å². The molecular formula is C46H97NO6. The highest BCUT2D eigenvalue weighted by Crippen LogP contribution is 2.10. The van der Waals surface area contributed by atoms with Gasteiger partial charge in [-0.25, -0.2) is 0 Å². The molecule has 0 spiro atoms. The van der Waals surface area contributed by atoms with Gasteiger partial charge in [-0.05, 0) is 98.2 Å². The number of ether oxygens (including phenoxy) is 6. The Morgan fingerprint density at radius 2 is 0.472 bits per heavy atom. The molecule has 322 valence electrons. The lowest BCUT2D eigenvalue weighted by atomic mass is 10.1. The van der Waals surface area contributed by atoms with Crippen molar-refractivity contribution in [3.05, 3.63) is 0 Å². The molecule has 0 saturated heterocycles. The molecule has 0 fully saturated rings. The molecule has 7 nitrogen and oxygen atoms in total. The van der Waals surface area contributed by atoms with E-state index in [0.29, 0.717) is 0 Å². The van der Waals surface area contributed by atoms with Crippen LogP contribution in [0.5, 0.6) is 0 Å². The normalized spacial score (nSPS) is 12.8. The minimum Gasteiger partial charge on any atom is -0.353 e. The summed E-state index contributed by atoms with van der Waals surface area (Å²) < 4.78 is 34.3. The lowest BCUT2D eigenvalue weighted by molar-refractivity contribution is -0.132. The van der Waals surface area contributed by atoms with E-state index < -0.39 is 0 Å². The van der Waals surface area contributed by atoms with E-state index in [-0.39, 0.29) is 18.9 Å². The van der Waals surface area contributed by atoms with Crippen molar-refractivity contribution in [2.75, 3.05) is 59.3 Å². The fourth-order valence-corrected chi connectivity index (χ4v) is 6.05. The number of unbranched alkanes of at least 4 members (excludes halogenated alkanes) is 19. The Hall–Kier alpha value is -0.280. The van der Waals surface area contributed by atoms with Gasteiger partial charge in [0.2, 0.25) is 0 Å². The summed E-state index contributed by atoms with van der Waals surface area (Å²) in [6.45, 7) is 26.0. The molecule has 0 aromatic rings. The van der Waals surface area contributed by atoms with Crippen molar-refractivity contribution in [3.8, 4) is 0 Å². The summed E-state index contributed by atoms with van der Waals surface area (Å²) in [6, 6.07) is 0. The molecule has 0 aliphatic carbocycles. The average molecular weight is 760 g/mol. The van der Waals surface area contributed by atoms with Gasteiger partial charge in [0, 0.05) is 39.6 Å². The first-order valence-electron chi connectivity index (χ1n) is 23.4. The van der Waals surface area contributed by atoms with Gasteiger partial charge in [-0.15, -0.1) is 0 Å². The zero-order chi connectivity index (χ0) is 39.3. The van der Waals surface area contributed by atoms with Crippen LogP contribution in [0.2, 0.25) is 0 Å². The first kappa shape index (κ1) is 54.8. The maximum absolute atomic E-state index is 5.82. The lowest BCUT2D eigenvalue weighted by Gasteiger charge is -2.22. The third kappa shape index (κ3) is 47.8. The van der Waals surface area contributed by atoms with Gasteiger partial charge >= 0.3 is 0 Å². The van der Waals surface area contributed by atoms with E-state index in [0.717, 1.165) is 78.2 Å². The van der Waals surface area contributed by atoms with Crippen LogP contribution >= 0.6 is 0 Å². The molecule has 0 N–H and O–H groups in total. The Morgan fingerprint density at radius 1 is 0.264 bits per heavy atom. The SMILES string of the molecule is CCCCCCOC(C)OCCCCCC.CCCCCCOC(C)OCCCCCCN(CCCC)CCCCCCO[C@H](C)OCCCCCC. The number of hydrogen-bond acceptors (Lipinski definition) is 7. The summed E-state index contributed by atoms with van der Waals surface area (Å²) >= 11 is 0. The molecule has 0 radical (unpaired) electrons. The minimum absolute atomic E-state index is 0.0248. The number of rotatable bonds is 43. The molecule has 53 heavy (non-hydrogen) atoms. The van der Waals surface area contributed by atoms with E-state index in [1.165, 1.54) is 148 Å². The van der Waals surface area contributed by atoms with Crippen molar-refractivity contribution >= 4 is 0 Å². The first-order valence-corrected chi connectivity index (χ1v) is 23.4. The molecule has 0 saturated carbocycles. The molecule has 1 unspecified atom stereocenters. The van der Waals surface area contributed by atoms with Crippen LogP contribution in [-0.2, 0) is 28.4 Å². The monoisotopic (exact) mass is 760 g/mol. The van der Waals surface area contributed by atoms with Crippen molar-refractivity contribution < 1.29 is 28.4 Å². The smallest absolute Gasteiger partial charge is 0.154 e. The van der Waals surface area contributed by atoms with Crippen molar-refractivity contribution in [2.24, 2.45) is 0 Å². The second-order valence-electron chi connectivity index (χ2n) is 15.2. The third-order valence-electron chi connectivity index (χ3n) is 9.67. The van der Waals surface area contributed by atoms with E-state index >= 15 is 0 Å². The van der Waals surface area contributed by atoms with E-state index in [2.05, 4.69) is 39.5 Å². The van der Waals surface area contributed by atoms with E-state index in [9.17, 15) is 0 Å². The second kappa shape index (κ2) is 47.9. The highest BCUT2D eigenvalue weighted by atomic mass is 16.7. The molecular weight excluding hydrogens is 663 g/mol. The van der Waals surface area contributed by atoms with E-state index in [1.54, 1.807) is 0 Å². The van der Waals surface area contributed by atoms with Gasteiger partial charge in [-0.3, -0.25) is 0 Å². The van der Waals surface area contributed by atoms with Crippen LogP contribution in [0.25, 0.3) is 0 Å². The fraction of sp³-hybridized carbons (Fsp3) is 1.00. The molecule has 0 aromatic heterocycles. The van der Waals surface area contributed by atoms with Crippen molar-refractivity contribution in [1.29, 1.82) is 0 Å². The third-order valence-corrected chi connectivity index (χ3v) is 9.67. The summed E-state index contributed by atoms with van der Waals surface area (Å²) in [7, 11) is 0. The van der Waals surface area contributed by atoms with Crippen molar-refractivity contribution in [2.45, 2.75) is 241 Å². The molecule has 0 aromatic carbocycles. The predicted octanol–water partition coefficient (Wildman–Crippen LogP) is 13.7. The van der Waals surface area contributed by atoms with Crippen LogP contribution in [0.15, 0.2) is 0 Å². The van der Waals surface area contributed by atoms with Crippen LogP contribution in [0.4, 0.5) is 0 Å². The van der Waals surface area contributed by atoms with Gasteiger partial charge in [0.15, 0.2) is 18.9 Å². The zero-order valence-electron chi connectivity index (χ0n) is 37.4. The molecule has 0 aliphatic rings. The summed E-state index contributed by atoms with van der Waals surface area (Å²) in [4.78, 5) is 2.69. The van der Waals surface area contributed by atoms with E-state index in [4.69, 9.17) is 28.4 Å². The second-order valence-corrected chi connectivity index (χ2v) is 15.2. The molecule has 0 aliphatic heterocycles. The topological polar surface area (TPSA) is 58.6 Å². The summed E-state index contributed by atoms with van der Waals surface area (Å²) in [5, 5.41) is 0. The molecule has 0 rings (SSSR count). The van der Waals surface area contributed by atoms with Crippen LogP contribution in [0.3, 0.4) is 0 Å². The minimum atomic E-state index is -0.0604. The Kier molecular flexibility index (Phi) is 49.5. The lowest BCUT2D eigenvalue weighted by Crippen LogP contribution is -2.27. The highest BCUT2D eigenvalue weighted by molar-refractivity contribution is 4.60. The Morgan fingerprint density at radius 3 is 0.717 bits per heavy atom. The summed E-state index contributed by atoms with van der Waals surface area (Å²) in [6.07, 6.45) is 32.5. The maximum Gasteiger partial charge on any atom is 0.154 e. The van der Waals surface area contributed by atoms with Gasteiger partial charge < -0.3 is 33.3 Å². The Balaban J connectivity index is 0. The number of hydrogen-bond donors (Lipinski definition) is 0. The van der Waals surface area contributed by atoms with Gasteiger partial charge in [0.25, 0.3) is 0 Å². The van der Waals surface area contributed by atoms with Gasteiger partial charge in [0.05, 0.1) is 0 Å². The highest BCUT2D eigenvalue weighted by Gasteiger charge is 2.07. The van der Waals surface area contributed by atoms with Gasteiger partial charge in [0.1, 0.15) is 0 Å². The van der Waals surface area contributed by atoms with Crippen molar-refractivity contribution in [3.63, 3.8) is 0 Å². The summed E-state index contributed by atoms with van der Waals surface area (Å²) in [5.74, 6) is 0. The van der Waals surface area contributed by atoms with E-state index in [1.807, 2.05) is 20.8 Å². The summed E-state index contributed by atoms with van der Waals surface area (Å²) in [5.41, 5.74) is 0. The number of nitrogens with zero attached hydrogens (tertiary/aromatic N) is 1. The largest absolute Gasteiger partial charge is 0.353 e. The molecule has 7 heteroatoms. The van der Waals surface area contributed by atoms with Crippen molar-refractivity contribution in [1.82, 2.24) is 4.90 Å². The van der Waals surface area contributed by atoms with Crippen LogP contribution in [0.1, 0.15) is 222 Å². The van der Waals surface area contributed by atoms with Crippen LogP contribution in [-0.4, -0.2) is 83.0 Å². The zero-order valence-corrected chi connectivity index (χ0v) is 37.4. The fourth-order valence-electron chi connectivity index (χ4n) is 6.05. The van der Waals surface area contributed by atoms with Crippen LogP contribution < -0.4 is 0 Å². The van der Waals surface area contributed by atoms with Gasteiger partial charge in [-0.2, -0.15) is 0 Å². The average Bonchev–Trinajstić information content (AvgIpc) is 3.15. The van der Waals surface area contributed by atoms with Gasteiger partial charge in [-0.1, -0.05) is 144 Å². The maximum atomic E-state index is 5.82. The Bertz CT molecular complexity index is 593. The molecule has 2 atom stereocenters. The molecule has 0 amide bonds. The Labute approximate surface area is 333 Å².